The van der Waals surface area contributed by atoms with Gasteiger partial charge < -0.3 is 20.3 Å². The molecule has 4 nitrogen and oxygen atoms in total. The Morgan fingerprint density at radius 1 is 1.22 bits per heavy atom. The second-order valence-electron chi connectivity index (χ2n) is 3.51. The average molecular weight is 284 g/mol. The maximum atomic E-state index is 12.2. The van der Waals surface area contributed by atoms with Gasteiger partial charge in [0, 0.05) is 12.5 Å². The number of methoxy groups -OCH3 is 2. The molecule has 7 heteroatoms. The van der Waals surface area contributed by atoms with Crippen LogP contribution in [0.25, 0.3) is 0 Å². The molecule has 0 saturated heterocycles. The lowest BCUT2D eigenvalue weighted by atomic mass is 10.0. The summed E-state index contributed by atoms with van der Waals surface area (Å²) in [6.45, 7) is 0. The first-order valence-electron chi connectivity index (χ1n) is 4.98. The molecule has 0 fully saturated rings. The van der Waals surface area contributed by atoms with Gasteiger partial charge in [0.1, 0.15) is 0 Å². The minimum atomic E-state index is -2.49. The van der Waals surface area contributed by atoms with E-state index < -0.39 is 18.9 Å². The Labute approximate surface area is 110 Å². The van der Waals surface area contributed by atoms with Crippen LogP contribution in [0.15, 0.2) is 12.1 Å². The summed E-state index contributed by atoms with van der Waals surface area (Å²) in [6, 6.07) is 2.01. The molecule has 1 aromatic carbocycles. The summed E-state index contributed by atoms with van der Waals surface area (Å²) in [5, 5.41) is 9.64. The van der Waals surface area contributed by atoms with Crippen LogP contribution >= 0.6 is 12.4 Å². The fourth-order valence-electron chi connectivity index (χ4n) is 1.46. The summed E-state index contributed by atoms with van der Waals surface area (Å²) in [4.78, 5) is 0. The van der Waals surface area contributed by atoms with Gasteiger partial charge in [0.15, 0.2) is 11.5 Å². The van der Waals surface area contributed by atoms with Crippen molar-refractivity contribution in [3.8, 4) is 17.2 Å². The largest absolute Gasteiger partial charge is 0.502 e. The summed E-state index contributed by atoms with van der Waals surface area (Å²) in [7, 11) is 2.72. The van der Waals surface area contributed by atoms with Gasteiger partial charge in [0.05, 0.1) is 14.2 Å². The molecule has 0 bridgehead atoms. The first kappa shape index (κ1) is 16.7. The van der Waals surface area contributed by atoms with Crippen molar-refractivity contribution in [1.82, 2.24) is 0 Å². The Balaban J connectivity index is 0.00000289. The number of hydrogen-bond donors (Lipinski definition) is 2. The molecule has 18 heavy (non-hydrogen) atoms. The Morgan fingerprint density at radius 2 is 1.67 bits per heavy atom. The molecular formula is C11H16ClF2NO3. The molecule has 1 rings (SSSR count). The number of alkyl halides is 2. The van der Waals surface area contributed by atoms with Crippen LogP contribution in [0, 0.1) is 0 Å². The van der Waals surface area contributed by atoms with E-state index in [9.17, 15) is 13.9 Å². The third-order valence-corrected chi connectivity index (χ3v) is 2.36. The van der Waals surface area contributed by atoms with Crippen molar-refractivity contribution < 1.29 is 23.4 Å². The second kappa shape index (κ2) is 7.23. The van der Waals surface area contributed by atoms with Crippen molar-refractivity contribution >= 4 is 12.4 Å². The topological polar surface area (TPSA) is 64.7 Å². The van der Waals surface area contributed by atoms with Gasteiger partial charge >= 0.3 is 0 Å². The molecule has 104 valence electrons. The van der Waals surface area contributed by atoms with Crippen molar-refractivity contribution in [2.75, 3.05) is 14.2 Å². The number of nitrogens with two attached hydrogens (primary N) is 1. The third kappa shape index (κ3) is 3.89. The van der Waals surface area contributed by atoms with Crippen LogP contribution < -0.4 is 15.2 Å². The highest BCUT2D eigenvalue weighted by atomic mass is 35.5. The maximum Gasteiger partial charge on any atom is 0.240 e. The molecule has 0 amide bonds. The Bertz CT molecular complexity index is 366. The van der Waals surface area contributed by atoms with Gasteiger partial charge in [-0.15, -0.1) is 12.4 Å². The normalized spacial score (nSPS) is 11.9. The van der Waals surface area contributed by atoms with Gasteiger partial charge in [0.2, 0.25) is 12.2 Å². The van der Waals surface area contributed by atoms with E-state index in [4.69, 9.17) is 15.2 Å². The van der Waals surface area contributed by atoms with Gasteiger partial charge in [-0.3, -0.25) is 0 Å². The molecule has 3 N–H and O–H groups in total. The molecule has 0 heterocycles. The van der Waals surface area contributed by atoms with E-state index in [1.807, 2.05) is 0 Å². The number of ether oxygens (including phenoxy) is 2. The minimum absolute atomic E-state index is 0. The highest BCUT2D eigenvalue weighted by molar-refractivity contribution is 5.85. The zero-order chi connectivity index (χ0) is 13.0. The van der Waals surface area contributed by atoms with Gasteiger partial charge in [-0.1, -0.05) is 0 Å². The maximum absolute atomic E-state index is 12.2. The minimum Gasteiger partial charge on any atom is -0.502 e. The van der Waals surface area contributed by atoms with Crippen LogP contribution in [-0.2, 0) is 0 Å². The van der Waals surface area contributed by atoms with E-state index >= 15 is 0 Å². The molecule has 0 radical (unpaired) electrons. The molecule has 0 aliphatic heterocycles. The van der Waals surface area contributed by atoms with Gasteiger partial charge in [-0.2, -0.15) is 0 Å². The fraction of sp³-hybridized carbons (Fsp3) is 0.455. The smallest absolute Gasteiger partial charge is 0.240 e. The number of aromatic hydroxyl groups is 1. The zero-order valence-electron chi connectivity index (χ0n) is 10.0. The molecule has 0 spiro atoms. The summed E-state index contributed by atoms with van der Waals surface area (Å²) >= 11 is 0. The zero-order valence-corrected chi connectivity index (χ0v) is 10.8. The number of hydrogen-bond acceptors (Lipinski definition) is 4. The van der Waals surface area contributed by atoms with Crippen LogP contribution in [0.5, 0.6) is 17.2 Å². The highest BCUT2D eigenvalue weighted by Gasteiger charge is 2.18. The van der Waals surface area contributed by atoms with Crippen molar-refractivity contribution in [2.24, 2.45) is 5.73 Å². The average Bonchev–Trinajstić information content (AvgIpc) is 2.28. The van der Waals surface area contributed by atoms with Crippen molar-refractivity contribution in [3.05, 3.63) is 17.7 Å². The molecule has 1 aromatic rings. The van der Waals surface area contributed by atoms with Crippen LogP contribution in [-0.4, -0.2) is 25.8 Å². The summed E-state index contributed by atoms with van der Waals surface area (Å²) < 4.78 is 34.3. The van der Waals surface area contributed by atoms with E-state index in [1.165, 1.54) is 26.4 Å². The lowest BCUT2D eigenvalue weighted by Crippen LogP contribution is -2.14. The van der Waals surface area contributed by atoms with E-state index in [-0.39, 0.29) is 29.7 Å². The molecule has 0 unspecified atom stereocenters. The van der Waals surface area contributed by atoms with Crippen LogP contribution in [0.3, 0.4) is 0 Å². The van der Waals surface area contributed by atoms with Gasteiger partial charge in [-0.25, -0.2) is 8.78 Å². The molecule has 0 aromatic heterocycles. The highest BCUT2D eigenvalue weighted by Crippen LogP contribution is 2.39. The fourth-order valence-corrected chi connectivity index (χ4v) is 1.46. The quantitative estimate of drug-likeness (QED) is 0.871. The molecular weight excluding hydrogens is 268 g/mol. The first-order valence-corrected chi connectivity index (χ1v) is 4.98. The number of rotatable bonds is 5. The Morgan fingerprint density at radius 3 is 2.00 bits per heavy atom. The summed E-state index contributed by atoms with van der Waals surface area (Å²) in [5.74, 6) is 0.108. The Kier molecular flexibility index (Phi) is 6.72. The summed E-state index contributed by atoms with van der Waals surface area (Å²) in [6.07, 6.45) is -2.95. The van der Waals surface area contributed by atoms with Crippen LogP contribution in [0.4, 0.5) is 8.78 Å². The first-order chi connectivity index (χ1) is 7.99. The lowest BCUT2D eigenvalue weighted by Gasteiger charge is -2.15. The van der Waals surface area contributed by atoms with Gasteiger partial charge in [0.25, 0.3) is 0 Å². The van der Waals surface area contributed by atoms with Crippen molar-refractivity contribution in [3.63, 3.8) is 0 Å². The lowest BCUT2D eigenvalue weighted by molar-refractivity contribution is 0.128. The number of phenols is 1. The van der Waals surface area contributed by atoms with Crippen molar-refractivity contribution in [2.45, 2.75) is 18.9 Å². The molecule has 0 aliphatic rings. The molecule has 0 saturated carbocycles. The molecule has 0 aliphatic carbocycles. The standard InChI is InChI=1S/C11H15F2NO3.ClH/c1-16-8-3-6(7(14)5-10(12)13)4-9(17-2)11(8)15;/h3-4,7,10,15H,5,14H2,1-2H3;1H/t7-;/m0./s1. The molecule has 1 atom stereocenters. The van der Waals surface area contributed by atoms with Gasteiger partial charge in [-0.05, 0) is 17.7 Å². The van der Waals surface area contributed by atoms with Crippen molar-refractivity contribution in [1.29, 1.82) is 0 Å². The predicted octanol–water partition coefficient (Wildman–Crippen LogP) is 2.49. The van der Waals surface area contributed by atoms with Crippen LogP contribution in [0.1, 0.15) is 18.0 Å². The third-order valence-electron chi connectivity index (χ3n) is 2.36. The predicted molar refractivity (Wildman–Crippen MR) is 66.0 cm³/mol. The number of phenolic OH excluding ortho intramolecular Hbond substituents is 1. The van der Waals surface area contributed by atoms with E-state index in [1.54, 1.807) is 0 Å². The SMILES string of the molecule is COc1cc([C@@H](N)CC(F)F)cc(OC)c1O.Cl. The van der Waals surface area contributed by atoms with Crippen LogP contribution in [0.2, 0.25) is 0 Å². The Hall–Kier alpha value is -1.27. The van der Waals surface area contributed by atoms with E-state index in [2.05, 4.69) is 0 Å². The van der Waals surface area contributed by atoms with E-state index in [0.29, 0.717) is 5.56 Å². The summed E-state index contributed by atoms with van der Waals surface area (Å²) in [5.41, 5.74) is 6.05. The van der Waals surface area contributed by atoms with E-state index in [0.717, 1.165) is 0 Å². The second-order valence-corrected chi connectivity index (χ2v) is 3.51. The number of halogens is 3. The number of benzene rings is 1. The monoisotopic (exact) mass is 283 g/mol.